The maximum atomic E-state index is 12.6. The molecule has 24 heavy (non-hydrogen) atoms. The van der Waals surface area contributed by atoms with Crippen molar-refractivity contribution in [2.45, 2.75) is 38.3 Å². The quantitative estimate of drug-likeness (QED) is 0.845. The van der Waals surface area contributed by atoms with Crippen LogP contribution in [0.1, 0.15) is 25.7 Å². The summed E-state index contributed by atoms with van der Waals surface area (Å²) >= 11 is 0. The van der Waals surface area contributed by atoms with Gasteiger partial charge in [0.2, 0.25) is 11.8 Å². The minimum atomic E-state index is 0.0200. The van der Waals surface area contributed by atoms with Gasteiger partial charge < -0.3 is 9.80 Å². The first-order chi connectivity index (χ1) is 11.7. The summed E-state index contributed by atoms with van der Waals surface area (Å²) in [6.45, 7) is 2.36. The number of nitrogens with zero attached hydrogens (tertiary/aromatic N) is 5. The monoisotopic (exact) mass is 327 g/mol. The molecule has 0 spiro atoms. The molecule has 7 heteroatoms. The molecule has 2 aliphatic heterocycles. The molecule has 0 saturated carbocycles. The summed E-state index contributed by atoms with van der Waals surface area (Å²) in [5.41, 5.74) is 1.59. The first kappa shape index (κ1) is 15.1. The van der Waals surface area contributed by atoms with Crippen molar-refractivity contribution >= 4 is 22.8 Å². The second kappa shape index (κ2) is 6.22. The van der Waals surface area contributed by atoms with E-state index < -0.39 is 0 Å². The SMILES string of the molecule is O=C(Cn1nc2ccccc2n1)N1CCCC(N2CCCC2=O)C1. The summed E-state index contributed by atoms with van der Waals surface area (Å²) in [6, 6.07) is 7.76. The molecule has 7 nitrogen and oxygen atoms in total. The summed E-state index contributed by atoms with van der Waals surface area (Å²) in [5.74, 6) is 0.251. The Balaban J connectivity index is 1.42. The predicted octanol–water partition coefficient (Wildman–Crippen LogP) is 1.04. The minimum absolute atomic E-state index is 0.0200. The van der Waals surface area contributed by atoms with Gasteiger partial charge in [-0.25, -0.2) is 0 Å². The highest BCUT2D eigenvalue weighted by molar-refractivity contribution is 5.79. The third kappa shape index (κ3) is 2.86. The molecule has 126 valence electrons. The van der Waals surface area contributed by atoms with Crippen molar-refractivity contribution in [2.24, 2.45) is 0 Å². The molecule has 2 amide bonds. The van der Waals surface area contributed by atoms with Gasteiger partial charge in [-0.1, -0.05) is 12.1 Å². The zero-order valence-corrected chi connectivity index (χ0v) is 13.6. The number of carbonyl (C=O) groups is 2. The van der Waals surface area contributed by atoms with Gasteiger partial charge >= 0.3 is 0 Å². The van der Waals surface area contributed by atoms with E-state index in [-0.39, 0.29) is 24.4 Å². The lowest BCUT2D eigenvalue weighted by molar-refractivity contribution is -0.138. The first-order valence-electron chi connectivity index (χ1n) is 8.58. The van der Waals surface area contributed by atoms with Crippen molar-refractivity contribution in [3.05, 3.63) is 24.3 Å². The number of fused-ring (bicyclic) bond motifs is 1. The maximum Gasteiger partial charge on any atom is 0.246 e. The van der Waals surface area contributed by atoms with Crippen LogP contribution in [0.25, 0.3) is 11.0 Å². The van der Waals surface area contributed by atoms with Crippen LogP contribution in [0.15, 0.2) is 24.3 Å². The molecule has 1 aromatic carbocycles. The second-order valence-corrected chi connectivity index (χ2v) is 6.55. The van der Waals surface area contributed by atoms with Crippen LogP contribution in [-0.2, 0) is 16.1 Å². The molecule has 3 heterocycles. The van der Waals surface area contributed by atoms with Gasteiger partial charge in [0, 0.05) is 32.1 Å². The number of hydrogen-bond acceptors (Lipinski definition) is 4. The fraction of sp³-hybridized carbons (Fsp3) is 0.529. The van der Waals surface area contributed by atoms with Crippen molar-refractivity contribution < 1.29 is 9.59 Å². The van der Waals surface area contributed by atoms with E-state index in [4.69, 9.17) is 0 Å². The standard InChI is InChI=1S/C17H21N5O2/c23-16-8-4-10-21(16)13-5-3-9-20(11-13)17(24)12-22-18-14-6-1-2-7-15(14)19-22/h1-2,6-7,13H,3-5,8-12H2. The van der Waals surface area contributed by atoms with Gasteiger partial charge in [0.1, 0.15) is 17.6 Å². The van der Waals surface area contributed by atoms with Crippen LogP contribution >= 0.6 is 0 Å². The van der Waals surface area contributed by atoms with E-state index in [2.05, 4.69) is 10.2 Å². The molecular formula is C17H21N5O2. The van der Waals surface area contributed by atoms with Gasteiger partial charge in [-0.3, -0.25) is 9.59 Å². The number of piperidine rings is 1. The van der Waals surface area contributed by atoms with Crippen LogP contribution in [0.5, 0.6) is 0 Å². The highest BCUT2D eigenvalue weighted by Crippen LogP contribution is 2.21. The fourth-order valence-corrected chi connectivity index (χ4v) is 3.69. The Morgan fingerprint density at radius 2 is 1.88 bits per heavy atom. The van der Waals surface area contributed by atoms with Gasteiger partial charge in [-0.05, 0) is 31.4 Å². The molecule has 0 bridgehead atoms. The number of amides is 2. The summed E-state index contributed by atoms with van der Waals surface area (Å²) in [5, 5.41) is 8.70. The third-order valence-electron chi connectivity index (χ3n) is 4.90. The topological polar surface area (TPSA) is 71.3 Å². The smallest absolute Gasteiger partial charge is 0.246 e. The third-order valence-corrected chi connectivity index (χ3v) is 4.90. The lowest BCUT2D eigenvalue weighted by Crippen LogP contribution is -2.50. The summed E-state index contributed by atoms with van der Waals surface area (Å²) in [7, 11) is 0. The molecule has 2 saturated heterocycles. The Morgan fingerprint density at radius 3 is 2.54 bits per heavy atom. The summed E-state index contributed by atoms with van der Waals surface area (Å²) in [6.07, 6.45) is 3.51. The highest BCUT2D eigenvalue weighted by atomic mass is 16.2. The number of rotatable bonds is 3. The Labute approximate surface area is 140 Å². The Morgan fingerprint density at radius 1 is 1.12 bits per heavy atom. The van der Waals surface area contributed by atoms with Gasteiger partial charge in [0.25, 0.3) is 0 Å². The van der Waals surface area contributed by atoms with Crippen molar-refractivity contribution in [1.29, 1.82) is 0 Å². The summed E-state index contributed by atoms with van der Waals surface area (Å²) in [4.78, 5) is 29.8. The van der Waals surface area contributed by atoms with E-state index in [1.165, 1.54) is 4.80 Å². The molecule has 2 fully saturated rings. The van der Waals surface area contributed by atoms with E-state index in [1.54, 1.807) is 0 Å². The van der Waals surface area contributed by atoms with Crippen LogP contribution < -0.4 is 0 Å². The molecule has 0 aliphatic carbocycles. The van der Waals surface area contributed by atoms with Crippen LogP contribution in [0.2, 0.25) is 0 Å². The van der Waals surface area contributed by atoms with E-state index in [0.717, 1.165) is 43.4 Å². The van der Waals surface area contributed by atoms with Crippen LogP contribution in [0.4, 0.5) is 0 Å². The van der Waals surface area contributed by atoms with Gasteiger partial charge in [0.05, 0.1) is 0 Å². The lowest BCUT2D eigenvalue weighted by atomic mass is 10.0. The molecule has 0 N–H and O–H groups in total. The molecule has 1 aromatic heterocycles. The number of hydrogen-bond donors (Lipinski definition) is 0. The van der Waals surface area contributed by atoms with Crippen molar-refractivity contribution in [3.8, 4) is 0 Å². The van der Waals surface area contributed by atoms with Gasteiger partial charge in [-0.15, -0.1) is 0 Å². The largest absolute Gasteiger partial charge is 0.339 e. The second-order valence-electron chi connectivity index (χ2n) is 6.55. The highest BCUT2D eigenvalue weighted by Gasteiger charge is 2.32. The van der Waals surface area contributed by atoms with Crippen LogP contribution in [0, 0.1) is 0 Å². The van der Waals surface area contributed by atoms with E-state index in [9.17, 15) is 9.59 Å². The van der Waals surface area contributed by atoms with Crippen LogP contribution in [-0.4, -0.2) is 62.3 Å². The molecule has 2 aromatic rings. The molecule has 1 atom stereocenters. The lowest BCUT2D eigenvalue weighted by Gasteiger charge is -2.37. The molecular weight excluding hydrogens is 306 g/mol. The molecule has 1 unspecified atom stereocenters. The zero-order chi connectivity index (χ0) is 16.5. The average molecular weight is 327 g/mol. The van der Waals surface area contributed by atoms with Crippen LogP contribution in [0.3, 0.4) is 0 Å². The molecule has 2 aliphatic rings. The van der Waals surface area contributed by atoms with Crippen molar-refractivity contribution in [3.63, 3.8) is 0 Å². The Hall–Kier alpha value is -2.44. The van der Waals surface area contributed by atoms with Crippen molar-refractivity contribution in [2.75, 3.05) is 19.6 Å². The number of carbonyl (C=O) groups excluding carboxylic acids is 2. The average Bonchev–Trinajstić information content (AvgIpc) is 3.20. The Bertz CT molecular complexity index is 738. The number of benzene rings is 1. The normalized spacial score (nSPS) is 21.7. The van der Waals surface area contributed by atoms with Gasteiger partial charge in [0.15, 0.2) is 0 Å². The van der Waals surface area contributed by atoms with E-state index in [0.29, 0.717) is 13.0 Å². The van der Waals surface area contributed by atoms with E-state index >= 15 is 0 Å². The number of aromatic nitrogens is 3. The van der Waals surface area contributed by atoms with Crippen molar-refractivity contribution in [1.82, 2.24) is 24.8 Å². The molecule has 4 rings (SSSR count). The van der Waals surface area contributed by atoms with Gasteiger partial charge in [-0.2, -0.15) is 15.0 Å². The maximum absolute atomic E-state index is 12.6. The fourth-order valence-electron chi connectivity index (χ4n) is 3.69. The molecule has 0 radical (unpaired) electrons. The Kier molecular flexibility index (Phi) is 3.92. The minimum Gasteiger partial charge on any atom is -0.339 e. The summed E-state index contributed by atoms with van der Waals surface area (Å²) < 4.78 is 0. The zero-order valence-electron chi connectivity index (χ0n) is 13.6. The number of likely N-dealkylation sites (tertiary alicyclic amines) is 2. The van der Waals surface area contributed by atoms with E-state index in [1.807, 2.05) is 34.1 Å². The first-order valence-corrected chi connectivity index (χ1v) is 8.58. The predicted molar refractivity (Wildman–Crippen MR) is 88.1 cm³/mol.